The van der Waals surface area contributed by atoms with Gasteiger partial charge in [0.05, 0.1) is 0 Å². The summed E-state index contributed by atoms with van der Waals surface area (Å²) in [5.74, 6) is 2.67. The van der Waals surface area contributed by atoms with Crippen molar-refractivity contribution in [3.63, 3.8) is 0 Å². The molecule has 1 aromatic carbocycles. The van der Waals surface area contributed by atoms with Crippen molar-refractivity contribution in [3.05, 3.63) is 36.7 Å². The molecule has 5 heteroatoms. The van der Waals surface area contributed by atoms with Crippen molar-refractivity contribution >= 4 is 23.0 Å². The topological polar surface area (TPSA) is 44.3 Å². The number of hydrogen-bond acceptors (Lipinski definition) is 5. The van der Waals surface area contributed by atoms with Crippen LogP contribution in [0, 0.1) is 5.92 Å². The summed E-state index contributed by atoms with van der Waals surface area (Å²) in [6, 6.07) is 10.4. The van der Waals surface area contributed by atoms with E-state index in [2.05, 4.69) is 56.3 Å². The van der Waals surface area contributed by atoms with E-state index in [1.807, 2.05) is 20.2 Å². The van der Waals surface area contributed by atoms with E-state index in [1.54, 1.807) is 6.33 Å². The molecular weight excluding hydrogens is 286 g/mol. The minimum absolute atomic E-state index is 0.820. The summed E-state index contributed by atoms with van der Waals surface area (Å²) in [5, 5.41) is 3.36. The van der Waals surface area contributed by atoms with Gasteiger partial charge < -0.3 is 15.1 Å². The molecule has 1 N–H and O–H groups in total. The molecule has 0 amide bonds. The standard InChI is InChI=1S/C18H25N5/c1-14-8-10-23(11-9-14)18-12-17(19-13-20-18)21-15-4-6-16(7-5-15)22(2)3/h4-7,12-14H,8-11H2,1-3H3,(H,19,20,21). The molecule has 1 saturated heterocycles. The average Bonchev–Trinajstić information content (AvgIpc) is 2.56. The van der Waals surface area contributed by atoms with Gasteiger partial charge in [0.25, 0.3) is 0 Å². The quantitative estimate of drug-likeness (QED) is 0.936. The normalized spacial score (nSPS) is 15.5. The monoisotopic (exact) mass is 311 g/mol. The molecule has 0 aliphatic carbocycles. The molecule has 3 rings (SSSR count). The molecule has 1 fully saturated rings. The van der Waals surface area contributed by atoms with Crippen LogP contribution in [0.1, 0.15) is 19.8 Å². The van der Waals surface area contributed by atoms with Crippen LogP contribution in [0.3, 0.4) is 0 Å². The summed E-state index contributed by atoms with van der Waals surface area (Å²) in [5.41, 5.74) is 2.22. The van der Waals surface area contributed by atoms with Crippen molar-refractivity contribution in [3.8, 4) is 0 Å². The van der Waals surface area contributed by atoms with E-state index in [-0.39, 0.29) is 0 Å². The van der Waals surface area contributed by atoms with Crippen molar-refractivity contribution in [2.75, 3.05) is 42.3 Å². The summed E-state index contributed by atoms with van der Waals surface area (Å²) in [4.78, 5) is 13.2. The molecule has 1 aliphatic heterocycles. The van der Waals surface area contributed by atoms with Crippen LogP contribution in [0.5, 0.6) is 0 Å². The average molecular weight is 311 g/mol. The molecule has 0 spiro atoms. The maximum absolute atomic E-state index is 4.44. The summed E-state index contributed by atoms with van der Waals surface area (Å²) >= 11 is 0. The molecule has 0 radical (unpaired) electrons. The largest absolute Gasteiger partial charge is 0.378 e. The number of benzene rings is 1. The third-order valence-corrected chi connectivity index (χ3v) is 4.42. The van der Waals surface area contributed by atoms with Gasteiger partial charge in [-0.15, -0.1) is 0 Å². The van der Waals surface area contributed by atoms with E-state index < -0.39 is 0 Å². The van der Waals surface area contributed by atoms with Crippen LogP contribution in [0.4, 0.5) is 23.0 Å². The van der Waals surface area contributed by atoms with Gasteiger partial charge in [-0.1, -0.05) is 6.92 Å². The van der Waals surface area contributed by atoms with Crippen LogP contribution < -0.4 is 15.1 Å². The predicted octanol–water partition coefficient (Wildman–Crippen LogP) is 3.52. The predicted molar refractivity (Wildman–Crippen MR) is 96.7 cm³/mol. The van der Waals surface area contributed by atoms with Crippen LogP contribution in [-0.2, 0) is 0 Å². The maximum atomic E-state index is 4.44. The molecule has 0 unspecified atom stereocenters. The van der Waals surface area contributed by atoms with E-state index in [0.717, 1.165) is 36.3 Å². The Balaban J connectivity index is 1.70. The van der Waals surface area contributed by atoms with Crippen molar-refractivity contribution in [2.24, 2.45) is 5.92 Å². The highest BCUT2D eigenvalue weighted by Crippen LogP contribution is 2.24. The van der Waals surface area contributed by atoms with Crippen LogP contribution in [-0.4, -0.2) is 37.2 Å². The van der Waals surface area contributed by atoms with Crippen LogP contribution >= 0.6 is 0 Å². The highest BCUT2D eigenvalue weighted by Gasteiger charge is 2.17. The lowest BCUT2D eigenvalue weighted by atomic mass is 9.99. The van der Waals surface area contributed by atoms with E-state index in [4.69, 9.17) is 0 Å². The summed E-state index contributed by atoms with van der Waals surface area (Å²) in [7, 11) is 4.08. The van der Waals surface area contributed by atoms with Crippen molar-refractivity contribution < 1.29 is 0 Å². The Hall–Kier alpha value is -2.30. The summed E-state index contributed by atoms with van der Waals surface area (Å²) in [6.45, 7) is 4.48. The Morgan fingerprint density at radius 2 is 1.78 bits per heavy atom. The number of nitrogens with one attached hydrogen (secondary N) is 1. The van der Waals surface area contributed by atoms with E-state index >= 15 is 0 Å². The van der Waals surface area contributed by atoms with Gasteiger partial charge in [-0.3, -0.25) is 0 Å². The minimum atomic E-state index is 0.820. The van der Waals surface area contributed by atoms with Gasteiger partial charge in [0.1, 0.15) is 18.0 Å². The van der Waals surface area contributed by atoms with Gasteiger partial charge in [-0.2, -0.15) is 0 Å². The first kappa shape index (κ1) is 15.6. The van der Waals surface area contributed by atoms with E-state index in [9.17, 15) is 0 Å². The Kier molecular flexibility index (Phi) is 4.65. The van der Waals surface area contributed by atoms with Crippen molar-refractivity contribution in [1.29, 1.82) is 0 Å². The van der Waals surface area contributed by atoms with Crippen LogP contribution in [0.25, 0.3) is 0 Å². The lowest BCUT2D eigenvalue weighted by Crippen LogP contribution is -2.33. The number of rotatable bonds is 4. The van der Waals surface area contributed by atoms with E-state index in [0.29, 0.717) is 0 Å². The molecule has 0 atom stereocenters. The second-order valence-corrected chi connectivity index (χ2v) is 6.50. The first-order valence-electron chi connectivity index (χ1n) is 8.23. The molecule has 23 heavy (non-hydrogen) atoms. The number of piperidine rings is 1. The Bertz CT molecular complexity index is 630. The molecule has 2 aromatic rings. The molecule has 1 aromatic heterocycles. The molecule has 0 saturated carbocycles. The summed E-state index contributed by atoms with van der Waals surface area (Å²) in [6.07, 6.45) is 4.11. The van der Waals surface area contributed by atoms with Crippen molar-refractivity contribution in [2.45, 2.75) is 19.8 Å². The maximum Gasteiger partial charge on any atom is 0.135 e. The highest BCUT2D eigenvalue weighted by atomic mass is 15.2. The zero-order valence-corrected chi connectivity index (χ0v) is 14.2. The van der Waals surface area contributed by atoms with E-state index in [1.165, 1.54) is 18.5 Å². The molecular formula is C18H25N5. The highest BCUT2D eigenvalue weighted by molar-refractivity contribution is 5.62. The fourth-order valence-electron chi connectivity index (χ4n) is 2.82. The zero-order valence-electron chi connectivity index (χ0n) is 14.2. The number of anilines is 4. The molecule has 122 valence electrons. The van der Waals surface area contributed by atoms with Gasteiger partial charge in [0, 0.05) is 44.6 Å². The Morgan fingerprint density at radius 3 is 2.43 bits per heavy atom. The van der Waals surface area contributed by atoms with Crippen LogP contribution in [0.2, 0.25) is 0 Å². The van der Waals surface area contributed by atoms with Gasteiger partial charge >= 0.3 is 0 Å². The minimum Gasteiger partial charge on any atom is -0.378 e. The first-order chi connectivity index (χ1) is 11.1. The third kappa shape index (κ3) is 3.92. The van der Waals surface area contributed by atoms with Gasteiger partial charge in [-0.05, 0) is 43.0 Å². The van der Waals surface area contributed by atoms with Crippen LogP contribution in [0.15, 0.2) is 36.7 Å². The lowest BCUT2D eigenvalue weighted by Gasteiger charge is -2.31. The van der Waals surface area contributed by atoms with Gasteiger partial charge in [0.2, 0.25) is 0 Å². The molecule has 1 aliphatic rings. The zero-order chi connectivity index (χ0) is 16.2. The second kappa shape index (κ2) is 6.86. The molecule has 2 heterocycles. The summed E-state index contributed by atoms with van der Waals surface area (Å²) < 4.78 is 0. The molecule has 0 bridgehead atoms. The number of hydrogen-bond donors (Lipinski definition) is 1. The smallest absolute Gasteiger partial charge is 0.135 e. The SMILES string of the molecule is CC1CCN(c2cc(Nc3ccc(N(C)C)cc3)ncn2)CC1. The number of aromatic nitrogens is 2. The van der Waals surface area contributed by atoms with Gasteiger partial charge in [-0.25, -0.2) is 9.97 Å². The first-order valence-corrected chi connectivity index (χ1v) is 8.23. The Labute approximate surface area is 138 Å². The van der Waals surface area contributed by atoms with Crippen molar-refractivity contribution in [1.82, 2.24) is 9.97 Å². The number of nitrogens with zero attached hydrogens (tertiary/aromatic N) is 4. The second-order valence-electron chi connectivity index (χ2n) is 6.50. The Morgan fingerprint density at radius 1 is 1.09 bits per heavy atom. The molecule has 5 nitrogen and oxygen atoms in total. The fourth-order valence-corrected chi connectivity index (χ4v) is 2.82. The lowest BCUT2D eigenvalue weighted by molar-refractivity contribution is 0.436. The third-order valence-electron chi connectivity index (χ3n) is 4.42. The fraction of sp³-hybridized carbons (Fsp3) is 0.444. The van der Waals surface area contributed by atoms with Gasteiger partial charge in [0.15, 0.2) is 0 Å².